The molecule has 0 spiro atoms. The molecular weight excluding hydrogens is 316 g/mol. The molecule has 0 saturated carbocycles. The van der Waals surface area contributed by atoms with Crippen molar-refractivity contribution in [2.45, 2.75) is 27.7 Å². The van der Waals surface area contributed by atoms with Crippen molar-refractivity contribution in [1.82, 2.24) is 14.9 Å². The van der Waals surface area contributed by atoms with E-state index in [9.17, 15) is 4.79 Å². The van der Waals surface area contributed by atoms with Gasteiger partial charge < -0.3 is 14.5 Å². The number of benzene rings is 1. The first kappa shape index (κ1) is 17.5. The fraction of sp³-hybridized carbons (Fsp3) is 0.526. The molecule has 2 aromatic rings. The van der Waals surface area contributed by atoms with Gasteiger partial charge in [0.2, 0.25) is 11.9 Å². The number of aryl methyl sites for hydroxylation is 1. The van der Waals surface area contributed by atoms with E-state index in [1.54, 1.807) is 7.11 Å². The van der Waals surface area contributed by atoms with Crippen LogP contribution in [-0.4, -0.2) is 54.1 Å². The Kier molecular flexibility index (Phi) is 4.54. The number of methoxy groups -OCH3 is 1. The Bertz CT molecular complexity index is 790. The number of amides is 1. The molecule has 6 heteroatoms. The fourth-order valence-corrected chi connectivity index (χ4v) is 3.11. The van der Waals surface area contributed by atoms with E-state index < -0.39 is 0 Å². The third-order valence-electron chi connectivity index (χ3n) is 4.57. The van der Waals surface area contributed by atoms with Crippen molar-refractivity contribution >= 4 is 22.8 Å². The van der Waals surface area contributed by atoms with E-state index in [4.69, 9.17) is 9.72 Å². The van der Waals surface area contributed by atoms with Crippen LogP contribution < -0.4 is 9.64 Å². The fourth-order valence-electron chi connectivity index (χ4n) is 3.11. The zero-order valence-electron chi connectivity index (χ0n) is 15.7. The summed E-state index contributed by atoms with van der Waals surface area (Å²) < 4.78 is 5.30. The molecule has 134 valence electrons. The largest absolute Gasteiger partial charge is 0.497 e. The van der Waals surface area contributed by atoms with E-state index in [2.05, 4.69) is 9.88 Å². The van der Waals surface area contributed by atoms with E-state index in [1.165, 1.54) is 0 Å². The van der Waals surface area contributed by atoms with Crippen LogP contribution in [0.1, 0.15) is 26.5 Å². The number of carbonyl (C=O) groups is 1. The maximum absolute atomic E-state index is 12.4. The topological polar surface area (TPSA) is 58.6 Å². The number of hydrogen-bond acceptors (Lipinski definition) is 5. The van der Waals surface area contributed by atoms with Crippen LogP contribution in [0.15, 0.2) is 18.2 Å². The second-order valence-corrected chi connectivity index (χ2v) is 7.52. The highest BCUT2D eigenvalue weighted by atomic mass is 16.5. The van der Waals surface area contributed by atoms with E-state index >= 15 is 0 Å². The Morgan fingerprint density at radius 1 is 1.12 bits per heavy atom. The highest BCUT2D eigenvalue weighted by Gasteiger charge is 2.30. The lowest BCUT2D eigenvalue weighted by molar-refractivity contribution is -0.139. The Labute approximate surface area is 148 Å². The number of rotatable bonds is 2. The number of ether oxygens (including phenoxy) is 1. The van der Waals surface area contributed by atoms with Gasteiger partial charge in [0.25, 0.3) is 0 Å². The van der Waals surface area contributed by atoms with Gasteiger partial charge in [-0.3, -0.25) is 4.79 Å². The van der Waals surface area contributed by atoms with Crippen LogP contribution in [0.2, 0.25) is 0 Å². The van der Waals surface area contributed by atoms with Crippen molar-refractivity contribution in [1.29, 1.82) is 0 Å². The number of hydrogen-bond donors (Lipinski definition) is 0. The van der Waals surface area contributed by atoms with Gasteiger partial charge in [-0.1, -0.05) is 20.8 Å². The quantitative estimate of drug-likeness (QED) is 0.840. The summed E-state index contributed by atoms with van der Waals surface area (Å²) in [4.78, 5) is 25.9. The van der Waals surface area contributed by atoms with Gasteiger partial charge in [0.15, 0.2) is 0 Å². The van der Waals surface area contributed by atoms with Crippen LogP contribution in [0, 0.1) is 12.3 Å². The molecule has 25 heavy (non-hydrogen) atoms. The summed E-state index contributed by atoms with van der Waals surface area (Å²) in [5, 5.41) is 1.03. The Balaban J connectivity index is 1.80. The summed E-state index contributed by atoms with van der Waals surface area (Å²) in [7, 11) is 1.65. The van der Waals surface area contributed by atoms with Crippen LogP contribution in [0.4, 0.5) is 5.95 Å². The van der Waals surface area contributed by atoms with Gasteiger partial charge in [0, 0.05) is 43.0 Å². The number of piperazine rings is 1. The molecule has 6 nitrogen and oxygen atoms in total. The molecule has 0 bridgehead atoms. The molecular formula is C19H26N4O2. The number of anilines is 1. The summed E-state index contributed by atoms with van der Waals surface area (Å²) in [6.45, 7) is 10.8. The predicted molar refractivity (Wildman–Crippen MR) is 99.1 cm³/mol. The minimum atomic E-state index is -0.339. The average Bonchev–Trinajstić information content (AvgIpc) is 2.59. The van der Waals surface area contributed by atoms with Gasteiger partial charge in [-0.25, -0.2) is 9.97 Å². The van der Waals surface area contributed by atoms with Crippen LogP contribution in [-0.2, 0) is 4.79 Å². The average molecular weight is 342 g/mol. The van der Waals surface area contributed by atoms with E-state index in [0.717, 1.165) is 41.4 Å². The molecule has 0 N–H and O–H groups in total. The van der Waals surface area contributed by atoms with Crippen LogP contribution in [0.25, 0.3) is 10.9 Å². The van der Waals surface area contributed by atoms with Crippen molar-refractivity contribution in [2.24, 2.45) is 5.41 Å². The van der Waals surface area contributed by atoms with Crippen molar-refractivity contribution in [3.8, 4) is 5.75 Å². The molecule has 0 atom stereocenters. The standard InChI is InChI=1S/C19H26N4O2/c1-13-15-7-6-14(25-5)12-16(15)21-18(20-13)23-10-8-22(9-11-23)17(24)19(2,3)4/h6-7,12H,8-11H2,1-5H3. The molecule has 1 aromatic heterocycles. The lowest BCUT2D eigenvalue weighted by atomic mass is 9.94. The monoisotopic (exact) mass is 342 g/mol. The lowest BCUT2D eigenvalue weighted by Gasteiger charge is -2.37. The normalized spacial score (nSPS) is 15.6. The van der Waals surface area contributed by atoms with Gasteiger partial charge in [-0.15, -0.1) is 0 Å². The zero-order valence-corrected chi connectivity index (χ0v) is 15.7. The van der Waals surface area contributed by atoms with Crippen LogP contribution >= 0.6 is 0 Å². The second kappa shape index (κ2) is 6.50. The molecule has 3 rings (SSSR count). The molecule has 0 aliphatic carbocycles. The van der Waals surface area contributed by atoms with E-state index in [-0.39, 0.29) is 11.3 Å². The van der Waals surface area contributed by atoms with Gasteiger partial charge >= 0.3 is 0 Å². The summed E-state index contributed by atoms with van der Waals surface area (Å²) >= 11 is 0. The van der Waals surface area contributed by atoms with Crippen LogP contribution in [0.3, 0.4) is 0 Å². The molecule has 1 amide bonds. The highest BCUT2D eigenvalue weighted by molar-refractivity contribution is 5.83. The molecule has 2 heterocycles. The first-order valence-corrected chi connectivity index (χ1v) is 8.66. The summed E-state index contributed by atoms with van der Waals surface area (Å²) in [5.41, 5.74) is 1.50. The van der Waals surface area contributed by atoms with E-state index in [0.29, 0.717) is 13.1 Å². The van der Waals surface area contributed by atoms with Gasteiger partial charge in [0.05, 0.1) is 18.3 Å². The van der Waals surface area contributed by atoms with Crippen LogP contribution in [0.5, 0.6) is 5.75 Å². The molecule has 1 aromatic carbocycles. The Morgan fingerprint density at radius 3 is 2.40 bits per heavy atom. The molecule has 1 fully saturated rings. The first-order valence-electron chi connectivity index (χ1n) is 8.66. The summed E-state index contributed by atoms with van der Waals surface area (Å²) in [6.07, 6.45) is 0. The lowest BCUT2D eigenvalue weighted by Crippen LogP contribution is -2.52. The van der Waals surface area contributed by atoms with Crippen molar-refractivity contribution in [3.63, 3.8) is 0 Å². The number of aromatic nitrogens is 2. The third kappa shape index (κ3) is 3.52. The Morgan fingerprint density at radius 2 is 1.80 bits per heavy atom. The number of carbonyl (C=O) groups excluding carboxylic acids is 1. The van der Waals surface area contributed by atoms with Gasteiger partial charge in [0.1, 0.15) is 5.75 Å². The second-order valence-electron chi connectivity index (χ2n) is 7.52. The summed E-state index contributed by atoms with van der Waals surface area (Å²) in [6, 6.07) is 5.86. The van der Waals surface area contributed by atoms with Gasteiger partial charge in [-0.05, 0) is 19.1 Å². The molecule has 1 aliphatic heterocycles. The number of nitrogens with zero attached hydrogens (tertiary/aromatic N) is 4. The SMILES string of the molecule is COc1ccc2c(C)nc(N3CCN(C(=O)C(C)(C)C)CC3)nc2c1. The Hall–Kier alpha value is -2.37. The minimum absolute atomic E-state index is 0.201. The van der Waals surface area contributed by atoms with E-state index in [1.807, 2.05) is 50.8 Å². The zero-order chi connectivity index (χ0) is 18.2. The number of fused-ring (bicyclic) bond motifs is 1. The maximum Gasteiger partial charge on any atom is 0.228 e. The van der Waals surface area contributed by atoms with Gasteiger partial charge in [-0.2, -0.15) is 0 Å². The predicted octanol–water partition coefficient (Wildman–Crippen LogP) is 2.64. The maximum atomic E-state index is 12.4. The minimum Gasteiger partial charge on any atom is -0.497 e. The first-order chi connectivity index (χ1) is 11.8. The molecule has 0 unspecified atom stereocenters. The van der Waals surface area contributed by atoms with Crippen molar-refractivity contribution in [2.75, 3.05) is 38.2 Å². The molecule has 1 saturated heterocycles. The molecule has 0 radical (unpaired) electrons. The van der Waals surface area contributed by atoms with Crippen molar-refractivity contribution < 1.29 is 9.53 Å². The summed E-state index contributed by atoms with van der Waals surface area (Å²) in [5.74, 6) is 1.71. The third-order valence-corrected chi connectivity index (χ3v) is 4.57. The van der Waals surface area contributed by atoms with Crippen molar-refractivity contribution in [3.05, 3.63) is 23.9 Å². The molecule has 1 aliphatic rings. The highest BCUT2D eigenvalue weighted by Crippen LogP contribution is 2.25. The smallest absolute Gasteiger partial charge is 0.228 e.